The fourth-order valence-electron chi connectivity index (χ4n) is 1.32. The summed E-state index contributed by atoms with van der Waals surface area (Å²) in [4.78, 5) is 22.4. The summed E-state index contributed by atoms with van der Waals surface area (Å²) in [6.45, 7) is 3.93. The number of aromatic amines is 1. The highest BCUT2D eigenvalue weighted by Gasteiger charge is 2.15. The fraction of sp³-hybridized carbons (Fsp3) is 0.455. The number of nitrogens with one attached hydrogen (secondary N) is 2. The van der Waals surface area contributed by atoms with Gasteiger partial charge < -0.3 is 5.32 Å². The van der Waals surface area contributed by atoms with Crippen LogP contribution in [0.25, 0.3) is 0 Å². The summed E-state index contributed by atoms with van der Waals surface area (Å²) < 4.78 is 0. The van der Waals surface area contributed by atoms with E-state index in [-0.39, 0.29) is 11.3 Å². The topological polar surface area (TPSA) is 98.6 Å². The number of amides is 1. The van der Waals surface area contributed by atoms with Gasteiger partial charge in [0.05, 0.1) is 6.07 Å². The summed E-state index contributed by atoms with van der Waals surface area (Å²) in [5.41, 5.74) is -0.283. The number of carbonyl (C=O) groups is 1. The molecule has 90 valence electrons. The van der Waals surface area contributed by atoms with Crippen molar-refractivity contribution in [1.29, 1.82) is 5.26 Å². The first-order valence-electron chi connectivity index (χ1n) is 5.29. The lowest BCUT2D eigenvalue weighted by Crippen LogP contribution is -2.35. The lowest BCUT2D eigenvalue weighted by atomic mass is 10.0. The maximum Gasteiger partial charge on any atom is 0.272 e. The van der Waals surface area contributed by atoms with E-state index in [1.807, 2.05) is 19.9 Å². The standard InChI is InChI=1S/C11H14N4O2/c1-7(2)5-8(6-12)13-11(17)9-3-4-10(16)15-14-9/h3-4,7-8H,5H2,1-2H3,(H,13,17)(H,15,16). The van der Waals surface area contributed by atoms with Crippen LogP contribution in [0, 0.1) is 17.2 Å². The van der Waals surface area contributed by atoms with Crippen molar-refractivity contribution in [1.82, 2.24) is 15.5 Å². The van der Waals surface area contributed by atoms with E-state index >= 15 is 0 Å². The third-order valence-electron chi connectivity index (χ3n) is 2.08. The van der Waals surface area contributed by atoms with Gasteiger partial charge in [-0.2, -0.15) is 10.4 Å². The molecule has 6 nitrogen and oxygen atoms in total. The second kappa shape index (κ2) is 5.80. The largest absolute Gasteiger partial charge is 0.335 e. The van der Waals surface area contributed by atoms with Gasteiger partial charge in [-0.15, -0.1) is 0 Å². The highest BCUT2D eigenvalue weighted by Crippen LogP contribution is 2.04. The molecule has 6 heteroatoms. The van der Waals surface area contributed by atoms with Gasteiger partial charge >= 0.3 is 0 Å². The third kappa shape index (κ3) is 4.07. The van der Waals surface area contributed by atoms with Crippen molar-refractivity contribution in [3.05, 3.63) is 28.2 Å². The van der Waals surface area contributed by atoms with Crippen molar-refractivity contribution in [2.75, 3.05) is 0 Å². The van der Waals surface area contributed by atoms with Gasteiger partial charge in [0.25, 0.3) is 11.5 Å². The Balaban J connectivity index is 2.68. The van der Waals surface area contributed by atoms with E-state index in [4.69, 9.17) is 5.26 Å². The highest BCUT2D eigenvalue weighted by atomic mass is 16.2. The molecule has 1 aromatic heterocycles. The zero-order valence-corrected chi connectivity index (χ0v) is 9.73. The van der Waals surface area contributed by atoms with E-state index in [1.54, 1.807) is 0 Å². The van der Waals surface area contributed by atoms with Crippen LogP contribution < -0.4 is 10.9 Å². The number of aromatic nitrogens is 2. The predicted molar refractivity (Wildman–Crippen MR) is 61.2 cm³/mol. The lowest BCUT2D eigenvalue weighted by molar-refractivity contribution is 0.0936. The Morgan fingerprint density at radius 1 is 1.59 bits per heavy atom. The number of nitrogens with zero attached hydrogens (tertiary/aromatic N) is 2. The average molecular weight is 234 g/mol. The average Bonchev–Trinajstić information content (AvgIpc) is 2.28. The van der Waals surface area contributed by atoms with Crippen LogP contribution in [0.5, 0.6) is 0 Å². The van der Waals surface area contributed by atoms with Crippen LogP contribution in [0.15, 0.2) is 16.9 Å². The molecule has 1 atom stereocenters. The van der Waals surface area contributed by atoms with Gasteiger partial charge in [-0.1, -0.05) is 13.8 Å². The van der Waals surface area contributed by atoms with E-state index in [0.717, 1.165) is 0 Å². The maximum absolute atomic E-state index is 11.7. The number of H-pyrrole nitrogens is 1. The van der Waals surface area contributed by atoms with E-state index in [1.165, 1.54) is 12.1 Å². The first kappa shape index (κ1) is 12.9. The molecule has 0 aromatic carbocycles. The van der Waals surface area contributed by atoms with Crippen molar-refractivity contribution >= 4 is 5.91 Å². The predicted octanol–water partition coefficient (Wildman–Crippen LogP) is 0.438. The van der Waals surface area contributed by atoms with Crippen LogP contribution >= 0.6 is 0 Å². The molecule has 0 aliphatic heterocycles. The molecule has 2 N–H and O–H groups in total. The minimum atomic E-state index is -0.545. The second-order valence-electron chi connectivity index (χ2n) is 4.09. The monoisotopic (exact) mass is 234 g/mol. The Labute approximate surface area is 98.7 Å². The molecule has 1 rings (SSSR count). The van der Waals surface area contributed by atoms with Crippen molar-refractivity contribution in [2.45, 2.75) is 26.3 Å². The highest BCUT2D eigenvalue weighted by molar-refractivity contribution is 5.92. The molecule has 1 heterocycles. The molecule has 0 saturated carbocycles. The van der Waals surface area contributed by atoms with Crippen LogP contribution in [0.3, 0.4) is 0 Å². The molecule has 0 fully saturated rings. The van der Waals surface area contributed by atoms with Gasteiger partial charge in [-0.25, -0.2) is 5.10 Å². The normalized spacial score (nSPS) is 11.9. The summed E-state index contributed by atoms with van der Waals surface area (Å²) in [6.07, 6.45) is 0.575. The summed E-state index contributed by atoms with van der Waals surface area (Å²) in [7, 11) is 0. The van der Waals surface area contributed by atoms with E-state index in [2.05, 4.69) is 15.5 Å². The Bertz CT molecular complexity index is 466. The molecule has 1 aromatic rings. The number of nitriles is 1. The fourth-order valence-corrected chi connectivity index (χ4v) is 1.32. The Kier molecular flexibility index (Phi) is 4.40. The second-order valence-corrected chi connectivity index (χ2v) is 4.09. The minimum absolute atomic E-state index is 0.0913. The zero-order valence-electron chi connectivity index (χ0n) is 9.73. The summed E-state index contributed by atoms with van der Waals surface area (Å²) in [5.74, 6) is -0.156. The van der Waals surface area contributed by atoms with Crippen molar-refractivity contribution in [3.63, 3.8) is 0 Å². The molecule has 0 bridgehead atoms. The minimum Gasteiger partial charge on any atom is -0.335 e. The zero-order chi connectivity index (χ0) is 12.8. The van der Waals surface area contributed by atoms with Gasteiger partial charge in [-0.05, 0) is 18.4 Å². The van der Waals surface area contributed by atoms with Crippen LogP contribution in [0.1, 0.15) is 30.8 Å². The molecule has 0 saturated heterocycles. The van der Waals surface area contributed by atoms with Gasteiger partial charge in [0.1, 0.15) is 11.7 Å². The molecule has 1 unspecified atom stereocenters. The number of carbonyl (C=O) groups excluding carboxylic acids is 1. The van der Waals surface area contributed by atoms with Gasteiger partial charge in [0.15, 0.2) is 0 Å². The van der Waals surface area contributed by atoms with Crippen LogP contribution in [-0.4, -0.2) is 22.1 Å². The van der Waals surface area contributed by atoms with Crippen molar-refractivity contribution in [3.8, 4) is 6.07 Å². The molecule has 1 amide bonds. The third-order valence-corrected chi connectivity index (χ3v) is 2.08. The van der Waals surface area contributed by atoms with E-state index in [0.29, 0.717) is 12.3 Å². The molecular weight excluding hydrogens is 220 g/mol. The molecule has 0 aliphatic rings. The van der Waals surface area contributed by atoms with Gasteiger partial charge in [0, 0.05) is 6.07 Å². The molecular formula is C11H14N4O2. The Hall–Kier alpha value is -2.16. The van der Waals surface area contributed by atoms with Crippen molar-refractivity contribution in [2.24, 2.45) is 5.92 Å². The van der Waals surface area contributed by atoms with E-state index < -0.39 is 11.9 Å². The van der Waals surface area contributed by atoms with Crippen LogP contribution in [0.4, 0.5) is 0 Å². The first-order chi connectivity index (χ1) is 8.02. The maximum atomic E-state index is 11.7. The Morgan fingerprint density at radius 2 is 2.29 bits per heavy atom. The van der Waals surface area contributed by atoms with Crippen molar-refractivity contribution < 1.29 is 4.79 Å². The SMILES string of the molecule is CC(C)CC(C#N)NC(=O)c1ccc(=O)[nH]n1. The summed E-state index contributed by atoms with van der Waals surface area (Å²) in [5, 5.41) is 17.2. The first-order valence-corrected chi connectivity index (χ1v) is 5.29. The van der Waals surface area contributed by atoms with Gasteiger partial charge in [0.2, 0.25) is 0 Å². The van der Waals surface area contributed by atoms with Crippen LogP contribution in [0.2, 0.25) is 0 Å². The smallest absolute Gasteiger partial charge is 0.272 e. The number of hydrogen-bond acceptors (Lipinski definition) is 4. The van der Waals surface area contributed by atoms with Crippen LogP contribution in [-0.2, 0) is 0 Å². The number of rotatable bonds is 4. The number of hydrogen-bond donors (Lipinski definition) is 2. The molecule has 0 aliphatic carbocycles. The van der Waals surface area contributed by atoms with Gasteiger partial charge in [-0.3, -0.25) is 9.59 Å². The lowest BCUT2D eigenvalue weighted by Gasteiger charge is -2.12. The Morgan fingerprint density at radius 3 is 2.76 bits per heavy atom. The quantitative estimate of drug-likeness (QED) is 0.789. The molecule has 0 radical (unpaired) electrons. The summed E-state index contributed by atoms with van der Waals surface area (Å²) >= 11 is 0. The molecule has 0 spiro atoms. The summed E-state index contributed by atoms with van der Waals surface area (Å²) in [6, 6.07) is 4.00. The molecule has 17 heavy (non-hydrogen) atoms. The van der Waals surface area contributed by atoms with E-state index in [9.17, 15) is 9.59 Å².